The van der Waals surface area contributed by atoms with Crippen molar-refractivity contribution >= 4 is 33.6 Å². The molecule has 21 heavy (non-hydrogen) atoms. The first kappa shape index (κ1) is 11.7. The number of hydrogen-bond donors (Lipinski definition) is 2. The number of rotatable bonds is 2. The first-order chi connectivity index (χ1) is 10.3. The Morgan fingerprint density at radius 2 is 1.90 bits per heavy atom. The van der Waals surface area contributed by atoms with Gasteiger partial charge in [-0.15, -0.1) is 0 Å². The Bertz CT molecular complexity index is 919. The van der Waals surface area contributed by atoms with Crippen LogP contribution in [-0.4, -0.2) is 16.1 Å². The minimum absolute atomic E-state index is 0.267. The van der Waals surface area contributed by atoms with Gasteiger partial charge in [0.15, 0.2) is 11.6 Å². The van der Waals surface area contributed by atoms with Crippen molar-refractivity contribution in [2.45, 2.75) is 0 Å². The number of nitrogens with one attached hydrogen (secondary N) is 2. The van der Waals surface area contributed by atoms with Gasteiger partial charge in [0.1, 0.15) is 5.58 Å². The van der Waals surface area contributed by atoms with Crippen molar-refractivity contribution in [2.24, 2.45) is 0 Å². The number of para-hydroxylation sites is 2. The van der Waals surface area contributed by atoms with Crippen LogP contribution in [0.2, 0.25) is 0 Å². The van der Waals surface area contributed by atoms with Crippen LogP contribution in [-0.2, 0) is 0 Å². The molecule has 5 nitrogen and oxygen atoms in total. The number of fused-ring (bicyclic) bond motifs is 2. The summed E-state index contributed by atoms with van der Waals surface area (Å²) in [6.07, 6.45) is 0. The first-order valence-electron chi connectivity index (χ1n) is 6.54. The maximum atomic E-state index is 12.3. The van der Waals surface area contributed by atoms with Gasteiger partial charge in [0.25, 0.3) is 5.91 Å². The highest BCUT2D eigenvalue weighted by Crippen LogP contribution is 2.22. The Hall–Kier alpha value is -3.08. The summed E-state index contributed by atoms with van der Waals surface area (Å²) in [4.78, 5) is 12.3. The molecule has 2 heterocycles. The second-order valence-corrected chi connectivity index (χ2v) is 4.72. The molecule has 2 aromatic carbocycles. The third-order valence-corrected chi connectivity index (χ3v) is 3.35. The number of carbonyl (C=O) groups is 1. The van der Waals surface area contributed by atoms with E-state index in [9.17, 15) is 4.79 Å². The molecule has 0 saturated carbocycles. The van der Waals surface area contributed by atoms with E-state index >= 15 is 0 Å². The Kier molecular flexibility index (Phi) is 2.50. The summed E-state index contributed by atoms with van der Waals surface area (Å²) in [5.41, 5.74) is 1.56. The van der Waals surface area contributed by atoms with Crippen molar-refractivity contribution < 1.29 is 9.21 Å². The Morgan fingerprint density at radius 3 is 2.81 bits per heavy atom. The quantitative estimate of drug-likeness (QED) is 0.588. The smallest absolute Gasteiger partial charge is 0.292 e. The summed E-state index contributed by atoms with van der Waals surface area (Å²) in [6, 6.07) is 16.8. The number of amides is 1. The Balaban J connectivity index is 1.69. The van der Waals surface area contributed by atoms with Crippen molar-refractivity contribution in [3.63, 3.8) is 0 Å². The van der Waals surface area contributed by atoms with Gasteiger partial charge in [0.2, 0.25) is 0 Å². The number of furan rings is 1. The molecule has 2 N–H and O–H groups in total. The maximum absolute atomic E-state index is 12.3. The standard InChI is InChI=1S/C16H11N3O2/c20-16(14-9-10-5-1-4-8-13(10)21-14)17-15-11-6-2-3-7-12(11)18-19-15/h1-9H,(H2,17,18,19,20). The minimum Gasteiger partial charge on any atom is -0.451 e. The zero-order chi connectivity index (χ0) is 14.2. The highest BCUT2D eigenvalue weighted by molar-refractivity contribution is 6.07. The van der Waals surface area contributed by atoms with Gasteiger partial charge in [-0.05, 0) is 24.3 Å². The fourth-order valence-electron chi connectivity index (χ4n) is 2.32. The fourth-order valence-corrected chi connectivity index (χ4v) is 2.32. The monoisotopic (exact) mass is 277 g/mol. The lowest BCUT2D eigenvalue weighted by Gasteiger charge is -1.98. The number of H-pyrrole nitrogens is 1. The van der Waals surface area contributed by atoms with Gasteiger partial charge in [0, 0.05) is 10.8 Å². The lowest BCUT2D eigenvalue weighted by atomic mass is 10.2. The van der Waals surface area contributed by atoms with Gasteiger partial charge in [-0.1, -0.05) is 30.3 Å². The summed E-state index contributed by atoms with van der Waals surface area (Å²) in [5.74, 6) is 0.447. The van der Waals surface area contributed by atoms with Crippen LogP contribution in [0.25, 0.3) is 21.9 Å². The molecule has 4 aromatic rings. The average molecular weight is 277 g/mol. The molecular weight excluding hydrogens is 266 g/mol. The molecule has 0 atom stereocenters. The number of benzene rings is 2. The molecule has 4 rings (SSSR count). The van der Waals surface area contributed by atoms with Crippen molar-refractivity contribution in [1.29, 1.82) is 0 Å². The number of aromatic nitrogens is 2. The zero-order valence-electron chi connectivity index (χ0n) is 11.0. The minimum atomic E-state index is -0.316. The molecule has 102 valence electrons. The molecule has 0 aliphatic carbocycles. The van der Waals surface area contributed by atoms with Gasteiger partial charge in [0.05, 0.1) is 5.52 Å². The largest absolute Gasteiger partial charge is 0.451 e. The van der Waals surface area contributed by atoms with E-state index in [0.29, 0.717) is 11.4 Å². The third-order valence-electron chi connectivity index (χ3n) is 3.35. The number of hydrogen-bond acceptors (Lipinski definition) is 3. The van der Waals surface area contributed by atoms with E-state index in [0.717, 1.165) is 16.3 Å². The highest BCUT2D eigenvalue weighted by Gasteiger charge is 2.15. The number of carbonyl (C=O) groups excluding carboxylic acids is 1. The average Bonchev–Trinajstić information content (AvgIpc) is 3.11. The van der Waals surface area contributed by atoms with E-state index in [1.807, 2.05) is 48.5 Å². The molecule has 0 unspecified atom stereocenters. The summed E-state index contributed by atoms with van der Waals surface area (Å²) in [7, 11) is 0. The molecular formula is C16H11N3O2. The number of aromatic amines is 1. The van der Waals surface area contributed by atoms with E-state index in [-0.39, 0.29) is 11.7 Å². The van der Waals surface area contributed by atoms with E-state index in [2.05, 4.69) is 15.5 Å². The second kappa shape index (κ2) is 4.49. The van der Waals surface area contributed by atoms with Crippen molar-refractivity contribution in [3.8, 4) is 0 Å². The Morgan fingerprint density at radius 1 is 1.10 bits per heavy atom. The van der Waals surface area contributed by atoms with Crippen LogP contribution in [0.15, 0.2) is 59.0 Å². The van der Waals surface area contributed by atoms with Crippen LogP contribution in [0.5, 0.6) is 0 Å². The van der Waals surface area contributed by atoms with E-state index in [4.69, 9.17) is 4.42 Å². The SMILES string of the molecule is O=C(Nc1n[nH]c2ccccc12)c1cc2ccccc2o1. The van der Waals surface area contributed by atoms with Crippen molar-refractivity contribution in [1.82, 2.24) is 10.2 Å². The van der Waals surface area contributed by atoms with Crippen LogP contribution >= 0.6 is 0 Å². The van der Waals surface area contributed by atoms with Gasteiger partial charge < -0.3 is 9.73 Å². The topological polar surface area (TPSA) is 70.9 Å². The highest BCUT2D eigenvalue weighted by atomic mass is 16.3. The van der Waals surface area contributed by atoms with E-state index in [1.165, 1.54) is 0 Å². The molecule has 0 radical (unpaired) electrons. The predicted molar refractivity (Wildman–Crippen MR) is 80.3 cm³/mol. The Labute approximate surface area is 119 Å². The first-order valence-corrected chi connectivity index (χ1v) is 6.54. The second-order valence-electron chi connectivity index (χ2n) is 4.72. The zero-order valence-corrected chi connectivity index (χ0v) is 11.0. The molecule has 0 saturated heterocycles. The lowest BCUT2D eigenvalue weighted by molar-refractivity contribution is 0.0998. The van der Waals surface area contributed by atoms with Crippen molar-refractivity contribution in [2.75, 3.05) is 5.32 Å². The van der Waals surface area contributed by atoms with Gasteiger partial charge >= 0.3 is 0 Å². The molecule has 0 bridgehead atoms. The molecule has 0 aliphatic rings. The summed E-state index contributed by atoms with van der Waals surface area (Å²) in [5, 5.41) is 11.5. The van der Waals surface area contributed by atoms with Crippen molar-refractivity contribution in [3.05, 3.63) is 60.4 Å². The molecule has 0 spiro atoms. The van der Waals surface area contributed by atoms with Crippen LogP contribution in [0.1, 0.15) is 10.6 Å². The van der Waals surface area contributed by atoms with Crippen LogP contribution < -0.4 is 5.32 Å². The molecule has 0 aliphatic heterocycles. The normalized spacial score (nSPS) is 11.0. The maximum Gasteiger partial charge on any atom is 0.292 e. The van der Waals surface area contributed by atoms with E-state index in [1.54, 1.807) is 6.07 Å². The summed E-state index contributed by atoms with van der Waals surface area (Å²) in [6.45, 7) is 0. The third kappa shape index (κ3) is 1.95. The fraction of sp³-hybridized carbons (Fsp3) is 0. The molecule has 5 heteroatoms. The van der Waals surface area contributed by atoms with Gasteiger partial charge in [-0.25, -0.2) is 0 Å². The van der Waals surface area contributed by atoms with Gasteiger partial charge in [-0.3, -0.25) is 9.89 Å². The number of nitrogens with zero attached hydrogens (tertiary/aromatic N) is 1. The number of anilines is 1. The van der Waals surface area contributed by atoms with E-state index < -0.39 is 0 Å². The molecule has 2 aromatic heterocycles. The summed E-state index contributed by atoms with van der Waals surface area (Å²) >= 11 is 0. The lowest BCUT2D eigenvalue weighted by Crippen LogP contribution is -2.11. The molecule has 1 amide bonds. The van der Waals surface area contributed by atoms with Gasteiger partial charge in [-0.2, -0.15) is 5.10 Å². The summed E-state index contributed by atoms with van der Waals surface area (Å²) < 4.78 is 5.54. The van der Waals surface area contributed by atoms with Crippen LogP contribution in [0, 0.1) is 0 Å². The van der Waals surface area contributed by atoms with Crippen LogP contribution in [0.3, 0.4) is 0 Å². The molecule has 0 fully saturated rings. The van der Waals surface area contributed by atoms with Crippen LogP contribution in [0.4, 0.5) is 5.82 Å². The predicted octanol–water partition coefficient (Wildman–Crippen LogP) is 3.56.